The Balaban J connectivity index is 1.71. The van der Waals surface area contributed by atoms with Crippen molar-refractivity contribution in [3.05, 3.63) is 59.1 Å². The van der Waals surface area contributed by atoms with Gasteiger partial charge in [-0.15, -0.1) is 0 Å². The van der Waals surface area contributed by atoms with E-state index in [1.807, 2.05) is 0 Å². The Hall–Kier alpha value is -3.06. The maximum absolute atomic E-state index is 11.8. The van der Waals surface area contributed by atoms with Crippen LogP contribution in [0.15, 0.2) is 48.5 Å². The van der Waals surface area contributed by atoms with Crippen molar-refractivity contribution in [3.63, 3.8) is 0 Å². The van der Waals surface area contributed by atoms with Crippen LogP contribution in [0.4, 0.5) is 5.69 Å². The second-order valence-corrected chi connectivity index (χ2v) is 5.77. The van der Waals surface area contributed by atoms with Crippen molar-refractivity contribution in [1.29, 1.82) is 0 Å². The van der Waals surface area contributed by atoms with Gasteiger partial charge in [0.25, 0.3) is 5.91 Å². The Morgan fingerprint density at radius 2 is 1.62 bits per heavy atom. The standard InChI is InChI=1S/C18H17ClN2O5/c19-13-3-7-15(8-4-13)26-11-17(23)20-10-16(22)21-14-5-1-12(2-6-14)9-18(24)25/h1-8H,9-11H2,(H,20,23)(H,21,22)(H,24,25). The van der Waals surface area contributed by atoms with Crippen molar-refractivity contribution in [3.8, 4) is 5.75 Å². The molecule has 0 heterocycles. The minimum absolute atomic E-state index is 0.0854. The summed E-state index contributed by atoms with van der Waals surface area (Å²) in [5, 5.41) is 14.3. The molecule has 0 saturated heterocycles. The van der Waals surface area contributed by atoms with Gasteiger partial charge in [-0.25, -0.2) is 0 Å². The van der Waals surface area contributed by atoms with E-state index in [2.05, 4.69) is 10.6 Å². The predicted octanol–water partition coefficient (Wildman–Crippen LogP) is 2.10. The van der Waals surface area contributed by atoms with Gasteiger partial charge in [0, 0.05) is 10.7 Å². The van der Waals surface area contributed by atoms with Gasteiger partial charge in [-0.1, -0.05) is 23.7 Å². The summed E-state index contributed by atoms with van der Waals surface area (Å²) in [6, 6.07) is 13.0. The quantitative estimate of drug-likeness (QED) is 0.654. The molecule has 0 fully saturated rings. The van der Waals surface area contributed by atoms with Crippen LogP contribution >= 0.6 is 11.6 Å². The molecule has 2 aromatic rings. The molecular formula is C18H17ClN2O5. The summed E-state index contributed by atoms with van der Waals surface area (Å²) in [5.41, 5.74) is 1.14. The number of amides is 2. The van der Waals surface area contributed by atoms with Crippen LogP contribution in [-0.4, -0.2) is 36.0 Å². The number of benzene rings is 2. The molecule has 0 aliphatic rings. The van der Waals surface area contributed by atoms with Crippen molar-refractivity contribution in [1.82, 2.24) is 5.32 Å². The molecule has 0 unspecified atom stereocenters. The van der Waals surface area contributed by atoms with E-state index in [-0.39, 0.29) is 19.6 Å². The fourth-order valence-corrected chi connectivity index (χ4v) is 2.12. The van der Waals surface area contributed by atoms with Crippen LogP contribution < -0.4 is 15.4 Å². The monoisotopic (exact) mass is 376 g/mol. The number of hydrogen-bond donors (Lipinski definition) is 3. The van der Waals surface area contributed by atoms with E-state index in [0.29, 0.717) is 22.0 Å². The number of carbonyl (C=O) groups is 3. The van der Waals surface area contributed by atoms with Gasteiger partial charge in [-0.2, -0.15) is 0 Å². The lowest BCUT2D eigenvalue weighted by Gasteiger charge is -2.09. The lowest BCUT2D eigenvalue weighted by atomic mass is 10.1. The van der Waals surface area contributed by atoms with E-state index in [1.165, 1.54) is 0 Å². The molecule has 7 nitrogen and oxygen atoms in total. The molecule has 0 aromatic heterocycles. The van der Waals surface area contributed by atoms with Crippen LogP contribution in [0.1, 0.15) is 5.56 Å². The van der Waals surface area contributed by atoms with Crippen molar-refractivity contribution >= 4 is 35.1 Å². The Kier molecular flexibility index (Phi) is 6.99. The highest BCUT2D eigenvalue weighted by molar-refractivity contribution is 6.30. The zero-order chi connectivity index (χ0) is 18.9. The molecule has 2 aromatic carbocycles. The number of rotatable bonds is 8. The molecule has 0 spiro atoms. The fraction of sp³-hybridized carbons (Fsp3) is 0.167. The molecule has 136 valence electrons. The largest absolute Gasteiger partial charge is 0.484 e. The number of carboxylic acid groups (broad SMARTS) is 1. The zero-order valence-electron chi connectivity index (χ0n) is 13.7. The van der Waals surface area contributed by atoms with E-state index in [0.717, 1.165) is 0 Å². The van der Waals surface area contributed by atoms with Gasteiger partial charge in [0.05, 0.1) is 13.0 Å². The van der Waals surface area contributed by atoms with Crippen LogP contribution in [-0.2, 0) is 20.8 Å². The van der Waals surface area contributed by atoms with Crippen LogP contribution in [0.5, 0.6) is 5.75 Å². The molecule has 8 heteroatoms. The number of halogens is 1. The highest BCUT2D eigenvalue weighted by Gasteiger charge is 2.07. The maximum Gasteiger partial charge on any atom is 0.307 e. The predicted molar refractivity (Wildman–Crippen MR) is 96.4 cm³/mol. The Morgan fingerprint density at radius 3 is 2.23 bits per heavy atom. The second-order valence-electron chi connectivity index (χ2n) is 5.33. The summed E-state index contributed by atoms with van der Waals surface area (Å²) >= 11 is 5.75. The normalized spacial score (nSPS) is 10.0. The maximum atomic E-state index is 11.8. The topological polar surface area (TPSA) is 105 Å². The smallest absolute Gasteiger partial charge is 0.307 e. The van der Waals surface area contributed by atoms with Crippen molar-refractivity contribution in [2.45, 2.75) is 6.42 Å². The first-order chi connectivity index (χ1) is 12.4. The number of anilines is 1. The molecule has 2 rings (SSSR count). The van der Waals surface area contributed by atoms with Gasteiger partial charge in [0.2, 0.25) is 5.91 Å². The Labute approximate surface area is 154 Å². The lowest BCUT2D eigenvalue weighted by Crippen LogP contribution is -2.35. The van der Waals surface area contributed by atoms with Crippen molar-refractivity contribution in [2.75, 3.05) is 18.5 Å². The van der Waals surface area contributed by atoms with Gasteiger partial charge < -0.3 is 20.5 Å². The molecule has 2 amide bonds. The fourth-order valence-electron chi connectivity index (χ4n) is 2.00. The summed E-state index contributed by atoms with van der Waals surface area (Å²) in [6.07, 6.45) is -0.0854. The Morgan fingerprint density at radius 1 is 0.962 bits per heavy atom. The summed E-state index contributed by atoms with van der Waals surface area (Å²) in [5.74, 6) is -1.27. The average Bonchev–Trinajstić information content (AvgIpc) is 2.61. The van der Waals surface area contributed by atoms with Gasteiger partial charge in [0.1, 0.15) is 5.75 Å². The van der Waals surface area contributed by atoms with Crippen LogP contribution in [0.3, 0.4) is 0 Å². The average molecular weight is 377 g/mol. The molecule has 0 radical (unpaired) electrons. The third kappa shape index (κ3) is 6.82. The number of hydrogen-bond acceptors (Lipinski definition) is 4. The third-order valence-electron chi connectivity index (χ3n) is 3.22. The summed E-state index contributed by atoms with van der Waals surface area (Å²) in [4.78, 5) is 34.1. The summed E-state index contributed by atoms with van der Waals surface area (Å²) < 4.78 is 5.27. The number of carboxylic acids is 1. The van der Waals surface area contributed by atoms with Crippen LogP contribution in [0.25, 0.3) is 0 Å². The second kappa shape index (κ2) is 9.43. The molecule has 0 atom stereocenters. The van der Waals surface area contributed by atoms with Crippen LogP contribution in [0, 0.1) is 0 Å². The van der Waals surface area contributed by atoms with Crippen molar-refractivity contribution < 1.29 is 24.2 Å². The molecule has 0 bridgehead atoms. The first-order valence-corrected chi connectivity index (χ1v) is 8.06. The molecule has 0 aliphatic carbocycles. The lowest BCUT2D eigenvalue weighted by molar-refractivity contribution is -0.136. The highest BCUT2D eigenvalue weighted by Crippen LogP contribution is 2.15. The molecule has 0 aliphatic heterocycles. The molecular weight excluding hydrogens is 360 g/mol. The van der Waals surface area contributed by atoms with Gasteiger partial charge >= 0.3 is 5.97 Å². The SMILES string of the molecule is O=C(O)Cc1ccc(NC(=O)CNC(=O)COc2ccc(Cl)cc2)cc1. The molecule has 3 N–H and O–H groups in total. The number of aliphatic carboxylic acids is 1. The third-order valence-corrected chi connectivity index (χ3v) is 3.47. The van der Waals surface area contributed by atoms with Gasteiger partial charge in [-0.3, -0.25) is 14.4 Å². The minimum atomic E-state index is -0.926. The highest BCUT2D eigenvalue weighted by atomic mass is 35.5. The first kappa shape index (κ1) is 19.3. The van der Waals surface area contributed by atoms with Gasteiger partial charge in [0.15, 0.2) is 6.61 Å². The van der Waals surface area contributed by atoms with Crippen molar-refractivity contribution in [2.24, 2.45) is 0 Å². The number of carbonyl (C=O) groups excluding carboxylic acids is 2. The van der Waals surface area contributed by atoms with Gasteiger partial charge in [-0.05, 0) is 42.0 Å². The minimum Gasteiger partial charge on any atom is -0.484 e. The van der Waals surface area contributed by atoms with E-state index in [4.69, 9.17) is 21.4 Å². The molecule has 0 saturated carbocycles. The zero-order valence-corrected chi connectivity index (χ0v) is 14.5. The first-order valence-electron chi connectivity index (χ1n) is 7.68. The molecule has 26 heavy (non-hydrogen) atoms. The summed E-state index contributed by atoms with van der Waals surface area (Å²) in [7, 11) is 0. The van der Waals surface area contributed by atoms with E-state index >= 15 is 0 Å². The van der Waals surface area contributed by atoms with E-state index in [9.17, 15) is 14.4 Å². The Bertz CT molecular complexity index is 775. The number of ether oxygens (including phenoxy) is 1. The van der Waals surface area contributed by atoms with E-state index < -0.39 is 17.8 Å². The van der Waals surface area contributed by atoms with Crippen LogP contribution in [0.2, 0.25) is 5.02 Å². The summed E-state index contributed by atoms with van der Waals surface area (Å²) in [6.45, 7) is -0.432. The number of nitrogens with one attached hydrogen (secondary N) is 2. The van der Waals surface area contributed by atoms with E-state index in [1.54, 1.807) is 48.5 Å².